The van der Waals surface area contributed by atoms with Crippen molar-refractivity contribution < 1.29 is 47.9 Å². The Balaban J connectivity index is 0.929. The molecule has 1 saturated carbocycles. The first-order valence-corrected chi connectivity index (χ1v) is 24.6. The highest BCUT2D eigenvalue weighted by molar-refractivity contribution is 5.81. The molecule has 9 rings (SSSR count). The summed E-state index contributed by atoms with van der Waals surface area (Å²) in [7, 11) is 5.69. The van der Waals surface area contributed by atoms with Crippen molar-refractivity contribution in [3.05, 3.63) is 175 Å². The first-order chi connectivity index (χ1) is 35.6. The Morgan fingerprint density at radius 1 is 0.568 bits per heavy atom. The lowest BCUT2D eigenvalue weighted by Gasteiger charge is -2.47. The third-order valence-corrected chi connectivity index (χ3v) is 15.0. The first-order valence-electron chi connectivity index (χ1n) is 24.6. The monoisotopic (exact) mass is 1000 g/mol. The standard InChI is InChI=1S/C58H60N4O12/c1-57(2)30-34(32-60-56(64)74-54(44-27-48(70-5)50(72-7)29-46(44)62(67)68)52-41-22-14-10-18-37(41)38-19-11-15-23-42(38)52)31-58(3,33-57)24-25-59-55(63)73-53(43-26-47(69-4)49(71-6)28-45(43)61(65)66)51-39-20-12-8-16-35(39)36-17-9-13-21-40(36)51/h8-23,26-29,34,51-54H,24-25,30-33H2,1-7H3,(H,59,63)(H,60,64). The van der Waals surface area contributed by atoms with E-state index in [0.29, 0.717) is 12.8 Å². The Morgan fingerprint density at radius 2 is 0.932 bits per heavy atom. The zero-order valence-electron chi connectivity index (χ0n) is 42.5. The Kier molecular flexibility index (Phi) is 14.3. The number of carbonyl (C=O) groups is 2. The number of nitro groups is 2. The molecule has 2 amide bonds. The second-order valence-electron chi connectivity index (χ2n) is 20.5. The number of amides is 2. The van der Waals surface area contributed by atoms with Gasteiger partial charge in [-0.15, -0.1) is 0 Å². The molecule has 0 saturated heterocycles. The van der Waals surface area contributed by atoms with E-state index in [-0.39, 0.29) is 75.3 Å². The predicted molar refractivity (Wildman–Crippen MR) is 278 cm³/mol. The van der Waals surface area contributed by atoms with Gasteiger partial charge in [-0.3, -0.25) is 20.2 Å². The van der Waals surface area contributed by atoms with Gasteiger partial charge in [0.2, 0.25) is 0 Å². The lowest BCUT2D eigenvalue weighted by Crippen LogP contribution is -2.42. The molecule has 0 bridgehead atoms. The van der Waals surface area contributed by atoms with Gasteiger partial charge in [0.25, 0.3) is 11.4 Å². The maximum atomic E-state index is 14.3. The molecular weight excluding hydrogens is 945 g/mol. The number of methoxy groups -OCH3 is 4. The van der Waals surface area contributed by atoms with Gasteiger partial charge in [0.15, 0.2) is 23.0 Å². The van der Waals surface area contributed by atoms with E-state index in [4.69, 9.17) is 28.4 Å². The van der Waals surface area contributed by atoms with E-state index >= 15 is 0 Å². The van der Waals surface area contributed by atoms with Gasteiger partial charge in [0.05, 0.1) is 73.4 Å². The molecule has 0 aromatic heterocycles. The molecule has 3 aliphatic carbocycles. The number of ether oxygens (including phenoxy) is 6. The highest BCUT2D eigenvalue weighted by Crippen LogP contribution is 2.56. The highest BCUT2D eigenvalue weighted by atomic mass is 16.6. The van der Waals surface area contributed by atoms with Gasteiger partial charge in [0.1, 0.15) is 12.2 Å². The van der Waals surface area contributed by atoms with Crippen LogP contribution in [0.5, 0.6) is 23.0 Å². The molecule has 0 radical (unpaired) electrons. The van der Waals surface area contributed by atoms with Crippen LogP contribution in [0, 0.1) is 37.0 Å². The van der Waals surface area contributed by atoms with Crippen LogP contribution in [0.4, 0.5) is 21.0 Å². The smallest absolute Gasteiger partial charge is 0.407 e. The zero-order valence-corrected chi connectivity index (χ0v) is 42.5. The number of rotatable bonds is 17. The first kappa shape index (κ1) is 50.8. The maximum absolute atomic E-state index is 14.3. The number of nitrogens with one attached hydrogen (secondary N) is 2. The third-order valence-electron chi connectivity index (χ3n) is 15.0. The molecule has 4 atom stereocenters. The van der Waals surface area contributed by atoms with Crippen molar-refractivity contribution in [3.63, 3.8) is 0 Å². The molecule has 0 heterocycles. The second-order valence-corrected chi connectivity index (χ2v) is 20.5. The van der Waals surface area contributed by atoms with Crippen LogP contribution in [0.2, 0.25) is 0 Å². The molecule has 6 aromatic carbocycles. The molecule has 0 aliphatic heterocycles. The number of carbonyl (C=O) groups excluding carboxylic acids is 2. The quantitative estimate of drug-likeness (QED) is 0.0648. The van der Waals surface area contributed by atoms with Crippen molar-refractivity contribution in [2.24, 2.45) is 16.7 Å². The molecular formula is C58H60N4O12. The van der Waals surface area contributed by atoms with Crippen molar-refractivity contribution in [3.8, 4) is 45.3 Å². The average Bonchev–Trinajstić information content (AvgIpc) is 3.90. The van der Waals surface area contributed by atoms with Crippen LogP contribution in [0.1, 0.15) is 104 Å². The van der Waals surface area contributed by atoms with Crippen LogP contribution in [0.3, 0.4) is 0 Å². The van der Waals surface area contributed by atoms with E-state index in [2.05, 4.69) is 31.4 Å². The summed E-state index contributed by atoms with van der Waals surface area (Å²) in [6.45, 7) is 7.06. The number of nitrogens with zero attached hydrogens (tertiary/aromatic N) is 2. The Morgan fingerprint density at radius 3 is 1.31 bits per heavy atom. The average molecular weight is 1010 g/mol. The molecule has 16 heteroatoms. The molecule has 6 aromatic rings. The fraction of sp³-hybridized carbons (Fsp3) is 0.345. The van der Waals surface area contributed by atoms with Gasteiger partial charge in [-0.05, 0) is 99.1 Å². The van der Waals surface area contributed by atoms with E-state index < -0.39 is 46.1 Å². The minimum absolute atomic E-state index is 0.00235. The van der Waals surface area contributed by atoms with Crippen molar-refractivity contribution in [1.29, 1.82) is 0 Å². The molecule has 16 nitrogen and oxygen atoms in total. The Labute approximate surface area is 429 Å². The second kappa shape index (κ2) is 20.8. The van der Waals surface area contributed by atoms with E-state index in [1.54, 1.807) is 0 Å². The molecule has 74 heavy (non-hydrogen) atoms. The number of fused-ring (bicyclic) bond motifs is 6. The van der Waals surface area contributed by atoms with Crippen LogP contribution in [0.15, 0.2) is 121 Å². The Bertz CT molecular complexity index is 3050. The van der Waals surface area contributed by atoms with Crippen LogP contribution in [0.25, 0.3) is 22.3 Å². The highest BCUT2D eigenvalue weighted by Gasteiger charge is 2.45. The summed E-state index contributed by atoms with van der Waals surface area (Å²) < 4.78 is 34.9. The lowest BCUT2D eigenvalue weighted by molar-refractivity contribution is -0.386. The number of alkyl carbamates (subject to hydrolysis) is 2. The van der Waals surface area contributed by atoms with Gasteiger partial charge in [0, 0.05) is 13.1 Å². The van der Waals surface area contributed by atoms with Crippen LogP contribution >= 0.6 is 0 Å². The van der Waals surface area contributed by atoms with Gasteiger partial charge in [-0.25, -0.2) is 9.59 Å². The van der Waals surface area contributed by atoms with Gasteiger partial charge < -0.3 is 39.1 Å². The van der Waals surface area contributed by atoms with E-state index in [9.17, 15) is 29.8 Å². The van der Waals surface area contributed by atoms with Crippen LogP contribution in [-0.4, -0.2) is 63.6 Å². The lowest BCUT2D eigenvalue weighted by atomic mass is 9.59. The van der Waals surface area contributed by atoms with Crippen molar-refractivity contribution in [2.75, 3.05) is 41.5 Å². The molecule has 0 spiro atoms. The van der Waals surface area contributed by atoms with E-state index in [0.717, 1.165) is 57.3 Å². The van der Waals surface area contributed by atoms with Gasteiger partial charge in [-0.1, -0.05) is 118 Å². The minimum atomic E-state index is -1.14. The third kappa shape index (κ3) is 9.87. The van der Waals surface area contributed by atoms with Crippen LogP contribution < -0.4 is 29.6 Å². The number of nitro benzene ring substituents is 2. The van der Waals surface area contributed by atoms with Crippen molar-refractivity contribution in [1.82, 2.24) is 10.6 Å². The Hall–Kier alpha value is -8.14. The molecule has 384 valence electrons. The number of hydrogen-bond donors (Lipinski definition) is 2. The number of hydrogen-bond acceptors (Lipinski definition) is 12. The normalized spacial score (nSPS) is 18.1. The summed E-state index contributed by atoms with van der Waals surface area (Å²) in [5.74, 6) is -0.341. The predicted octanol–water partition coefficient (Wildman–Crippen LogP) is 12.6. The van der Waals surface area contributed by atoms with Crippen LogP contribution in [-0.2, 0) is 9.47 Å². The topological polar surface area (TPSA) is 200 Å². The number of benzene rings is 6. The largest absolute Gasteiger partial charge is 0.493 e. The van der Waals surface area contributed by atoms with Gasteiger partial charge in [-0.2, -0.15) is 0 Å². The van der Waals surface area contributed by atoms with E-state index in [1.165, 1.54) is 52.7 Å². The van der Waals surface area contributed by atoms with Crippen molar-refractivity contribution >= 4 is 23.6 Å². The van der Waals surface area contributed by atoms with Gasteiger partial charge >= 0.3 is 12.2 Å². The minimum Gasteiger partial charge on any atom is -0.493 e. The fourth-order valence-corrected chi connectivity index (χ4v) is 12.4. The fourth-order valence-electron chi connectivity index (χ4n) is 12.4. The SMILES string of the molecule is COc1cc(C(OC(=O)NCCC2(C)CC(CNC(=O)OC(c3cc(OC)c(OC)cc3[N+](=O)[O-])C3c4ccccc4-c4ccccc43)CC(C)(C)C2)C2c3ccccc3-c3ccccc32)c([N+](=O)[O-])cc1OC. The maximum Gasteiger partial charge on any atom is 0.407 e. The molecule has 2 N–H and O–H groups in total. The molecule has 4 unspecified atom stereocenters. The van der Waals surface area contributed by atoms with Crippen molar-refractivity contribution in [2.45, 2.75) is 70.5 Å². The summed E-state index contributed by atoms with van der Waals surface area (Å²) in [5.41, 5.74) is 6.55. The summed E-state index contributed by atoms with van der Waals surface area (Å²) in [6, 6.07) is 36.7. The summed E-state index contributed by atoms with van der Waals surface area (Å²) in [5, 5.41) is 31.5. The van der Waals surface area contributed by atoms with E-state index in [1.807, 2.05) is 97.1 Å². The molecule has 1 fully saturated rings. The summed E-state index contributed by atoms with van der Waals surface area (Å²) >= 11 is 0. The zero-order chi connectivity index (χ0) is 52.5. The molecule has 3 aliphatic rings. The summed E-state index contributed by atoms with van der Waals surface area (Å²) in [6.07, 6.45) is -0.859. The summed E-state index contributed by atoms with van der Waals surface area (Å²) in [4.78, 5) is 52.9.